The fourth-order valence-electron chi connectivity index (χ4n) is 3.78. The van der Waals surface area contributed by atoms with E-state index in [-0.39, 0.29) is 0 Å². The summed E-state index contributed by atoms with van der Waals surface area (Å²) < 4.78 is 0. The summed E-state index contributed by atoms with van der Waals surface area (Å²) in [6.45, 7) is 2.43. The van der Waals surface area contributed by atoms with Crippen molar-refractivity contribution in [2.45, 2.75) is 50.2 Å². The first-order valence-corrected chi connectivity index (χ1v) is 9.09. The van der Waals surface area contributed by atoms with Crippen molar-refractivity contribution in [3.63, 3.8) is 0 Å². The van der Waals surface area contributed by atoms with Crippen LogP contribution in [0.3, 0.4) is 0 Å². The lowest BCUT2D eigenvalue weighted by atomic mass is 10.1. The first-order chi connectivity index (χ1) is 11.3. The normalized spacial score (nSPS) is 31.2. The lowest BCUT2D eigenvalue weighted by Gasteiger charge is -2.18. The molecule has 1 aromatic rings. The zero-order valence-electron chi connectivity index (χ0n) is 14.0. The number of hydrogen-bond donors (Lipinski definition) is 2. The summed E-state index contributed by atoms with van der Waals surface area (Å²) in [4.78, 5) is 7.07. The Bertz CT molecular complexity index is 552. The maximum absolute atomic E-state index is 4.43. The molecule has 1 heterocycles. The molecular formula is C19H28N4. The molecule has 2 aliphatic carbocycles. The zero-order valence-corrected chi connectivity index (χ0v) is 14.0. The van der Waals surface area contributed by atoms with E-state index in [1.807, 2.05) is 7.05 Å². The summed E-state index contributed by atoms with van der Waals surface area (Å²) in [5.74, 6) is 1.75. The van der Waals surface area contributed by atoms with Gasteiger partial charge in [-0.1, -0.05) is 30.3 Å². The van der Waals surface area contributed by atoms with Crippen LogP contribution in [0.5, 0.6) is 0 Å². The van der Waals surface area contributed by atoms with Gasteiger partial charge in [-0.05, 0) is 43.6 Å². The van der Waals surface area contributed by atoms with E-state index in [9.17, 15) is 0 Å². The van der Waals surface area contributed by atoms with Crippen LogP contribution in [0.15, 0.2) is 35.3 Å². The molecule has 1 saturated heterocycles. The molecule has 3 aliphatic rings. The Labute approximate surface area is 139 Å². The number of aliphatic imine (C=N–C) groups is 1. The van der Waals surface area contributed by atoms with Crippen LogP contribution in [-0.2, 0) is 6.42 Å². The molecule has 1 aliphatic heterocycles. The van der Waals surface area contributed by atoms with Crippen LogP contribution < -0.4 is 10.6 Å². The van der Waals surface area contributed by atoms with Crippen LogP contribution in [0.1, 0.15) is 31.2 Å². The van der Waals surface area contributed by atoms with Crippen molar-refractivity contribution in [2.24, 2.45) is 10.9 Å². The van der Waals surface area contributed by atoms with Gasteiger partial charge in [0, 0.05) is 38.3 Å². The molecule has 4 rings (SSSR count). The first kappa shape index (κ1) is 15.0. The summed E-state index contributed by atoms with van der Waals surface area (Å²) >= 11 is 0. The molecule has 3 fully saturated rings. The van der Waals surface area contributed by atoms with E-state index in [1.54, 1.807) is 0 Å². The Morgan fingerprint density at radius 1 is 1.17 bits per heavy atom. The van der Waals surface area contributed by atoms with Gasteiger partial charge in [-0.15, -0.1) is 0 Å². The predicted octanol–water partition coefficient (Wildman–Crippen LogP) is 2.02. The molecule has 1 aromatic carbocycles. The van der Waals surface area contributed by atoms with Crippen molar-refractivity contribution < 1.29 is 0 Å². The zero-order chi connectivity index (χ0) is 15.6. The van der Waals surface area contributed by atoms with Crippen LogP contribution in [0.25, 0.3) is 0 Å². The largest absolute Gasteiger partial charge is 0.353 e. The molecule has 124 valence electrons. The van der Waals surface area contributed by atoms with Crippen molar-refractivity contribution in [3.05, 3.63) is 35.9 Å². The van der Waals surface area contributed by atoms with Crippen LogP contribution in [0.2, 0.25) is 0 Å². The Balaban J connectivity index is 1.22. The van der Waals surface area contributed by atoms with Gasteiger partial charge in [0.2, 0.25) is 0 Å². The third-order valence-electron chi connectivity index (χ3n) is 5.43. The smallest absolute Gasteiger partial charge is 0.191 e. The highest BCUT2D eigenvalue weighted by Crippen LogP contribution is 2.34. The van der Waals surface area contributed by atoms with Gasteiger partial charge in [0.1, 0.15) is 0 Å². The summed E-state index contributed by atoms with van der Waals surface area (Å²) in [5, 5.41) is 7.25. The van der Waals surface area contributed by atoms with Crippen molar-refractivity contribution in [3.8, 4) is 0 Å². The van der Waals surface area contributed by atoms with Crippen LogP contribution in [0, 0.1) is 5.92 Å². The van der Waals surface area contributed by atoms with Crippen molar-refractivity contribution in [1.29, 1.82) is 0 Å². The Morgan fingerprint density at radius 2 is 2.00 bits per heavy atom. The minimum absolute atomic E-state index is 0.563. The second kappa shape index (κ2) is 6.52. The van der Waals surface area contributed by atoms with Gasteiger partial charge in [0.05, 0.1) is 0 Å². The SMILES string of the molecule is CN=C(NC1CCN(C2CC2)C1)NC1CC1Cc1ccccc1. The molecule has 2 N–H and O–H groups in total. The van der Waals surface area contributed by atoms with E-state index in [1.165, 1.54) is 50.8 Å². The monoisotopic (exact) mass is 312 g/mol. The van der Waals surface area contributed by atoms with Gasteiger partial charge in [-0.25, -0.2) is 0 Å². The number of hydrogen-bond acceptors (Lipinski definition) is 2. The van der Waals surface area contributed by atoms with Crippen molar-refractivity contribution >= 4 is 5.96 Å². The van der Waals surface area contributed by atoms with Gasteiger partial charge in [0.25, 0.3) is 0 Å². The molecule has 3 atom stereocenters. The minimum atomic E-state index is 0.563. The molecule has 0 amide bonds. The van der Waals surface area contributed by atoms with Gasteiger partial charge in [0.15, 0.2) is 5.96 Å². The average molecular weight is 312 g/mol. The molecule has 0 radical (unpaired) electrons. The quantitative estimate of drug-likeness (QED) is 0.645. The summed E-state index contributed by atoms with van der Waals surface area (Å²) in [7, 11) is 1.89. The Kier molecular flexibility index (Phi) is 4.25. The standard InChI is InChI=1S/C19H28N4/c1-20-19(21-16-9-10-23(13-16)17-7-8-17)22-18-12-15(18)11-14-5-3-2-4-6-14/h2-6,15-18H,7-13H2,1H3,(H2,20,21,22). The second-order valence-electron chi connectivity index (χ2n) is 7.36. The van der Waals surface area contributed by atoms with Crippen LogP contribution >= 0.6 is 0 Å². The maximum atomic E-state index is 4.43. The highest BCUT2D eigenvalue weighted by atomic mass is 15.3. The van der Waals surface area contributed by atoms with Crippen molar-refractivity contribution in [1.82, 2.24) is 15.5 Å². The number of guanidine groups is 1. The Morgan fingerprint density at radius 3 is 2.74 bits per heavy atom. The lowest BCUT2D eigenvalue weighted by Crippen LogP contribution is -2.45. The van der Waals surface area contributed by atoms with Gasteiger partial charge in [-0.3, -0.25) is 9.89 Å². The average Bonchev–Trinajstić information content (AvgIpc) is 3.49. The minimum Gasteiger partial charge on any atom is -0.353 e. The molecule has 0 aromatic heterocycles. The number of nitrogens with one attached hydrogen (secondary N) is 2. The highest BCUT2D eigenvalue weighted by Gasteiger charge is 2.38. The molecular weight excluding hydrogens is 284 g/mol. The fraction of sp³-hybridized carbons (Fsp3) is 0.632. The van der Waals surface area contributed by atoms with E-state index in [0.717, 1.165) is 17.9 Å². The highest BCUT2D eigenvalue weighted by molar-refractivity contribution is 5.80. The molecule has 0 spiro atoms. The second-order valence-corrected chi connectivity index (χ2v) is 7.36. The molecule has 23 heavy (non-hydrogen) atoms. The third-order valence-corrected chi connectivity index (χ3v) is 5.43. The summed E-state index contributed by atoms with van der Waals surface area (Å²) in [5.41, 5.74) is 1.45. The fourth-order valence-corrected chi connectivity index (χ4v) is 3.78. The van der Waals surface area contributed by atoms with Gasteiger partial charge < -0.3 is 10.6 Å². The van der Waals surface area contributed by atoms with Crippen LogP contribution in [0.4, 0.5) is 0 Å². The first-order valence-electron chi connectivity index (χ1n) is 9.09. The molecule has 3 unspecified atom stereocenters. The number of likely N-dealkylation sites (tertiary alicyclic amines) is 1. The van der Waals surface area contributed by atoms with Crippen LogP contribution in [-0.4, -0.2) is 49.1 Å². The predicted molar refractivity (Wildman–Crippen MR) is 94.7 cm³/mol. The van der Waals surface area contributed by atoms with E-state index in [0.29, 0.717) is 12.1 Å². The van der Waals surface area contributed by atoms with E-state index in [2.05, 4.69) is 50.9 Å². The Hall–Kier alpha value is -1.55. The molecule has 2 saturated carbocycles. The van der Waals surface area contributed by atoms with Gasteiger partial charge in [-0.2, -0.15) is 0 Å². The molecule has 0 bridgehead atoms. The summed E-state index contributed by atoms with van der Waals surface area (Å²) in [6, 6.07) is 12.8. The lowest BCUT2D eigenvalue weighted by molar-refractivity contribution is 0.321. The van der Waals surface area contributed by atoms with E-state index in [4.69, 9.17) is 0 Å². The third kappa shape index (κ3) is 3.86. The maximum Gasteiger partial charge on any atom is 0.191 e. The number of nitrogens with zero attached hydrogens (tertiary/aromatic N) is 2. The van der Waals surface area contributed by atoms with E-state index >= 15 is 0 Å². The van der Waals surface area contributed by atoms with E-state index < -0.39 is 0 Å². The topological polar surface area (TPSA) is 39.7 Å². The van der Waals surface area contributed by atoms with Gasteiger partial charge >= 0.3 is 0 Å². The molecule has 4 nitrogen and oxygen atoms in total. The van der Waals surface area contributed by atoms with Crippen molar-refractivity contribution in [2.75, 3.05) is 20.1 Å². The summed E-state index contributed by atoms with van der Waals surface area (Å²) in [6.07, 6.45) is 6.49. The number of rotatable bonds is 5. The molecule has 4 heteroatoms. The number of benzene rings is 1.